The molecule has 2 saturated carbocycles. The van der Waals surface area contributed by atoms with Crippen molar-refractivity contribution in [2.45, 2.75) is 37.7 Å². The van der Waals surface area contributed by atoms with Crippen LogP contribution in [-0.2, 0) is 6.42 Å². The van der Waals surface area contributed by atoms with E-state index in [-0.39, 0.29) is 0 Å². The molecule has 2 aliphatic rings. The van der Waals surface area contributed by atoms with Crippen molar-refractivity contribution in [1.82, 2.24) is 9.38 Å². The molecule has 1 N–H and O–H groups in total. The SMILES string of the molecule is OC1(Cc2cn3ccsc3n2)CC2CCC1C2. The van der Waals surface area contributed by atoms with E-state index in [0.29, 0.717) is 5.92 Å². The molecule has 3 atom stereocenters. The Balaban J connectivity index is 1.62. The van der Waals surface area contributed by atoms with E-state index in [1.165, 1.54) is 19.3 Å². The van der Waals surface area contributed by atoms with Crippen molar-refractivity contribution in [3.8, 4) is 0 Å². The lowest BCUT2D eigenvalue weighted by molar-refractivity contribution is -0.0132. The van der Waals surface area contributed by atoms with E-state index in [1.807, 2.05) is 11.6 Å². The Morgan fingerprint density at radius 1 is 1.53 bits per heavy atom. The number of hydrogen-bond acceptors (Lipinski definition) is 3. The summed E-state index contributed by atoms with van der Waals surface area (Å²) in [5.41, 5.74) is 0.583. The zero-order valence-electron chi connectivity index (χ0n) is 9.67. The normalized spacial score (nSPS) is 36.1. The largest absolute Gasteiger partial charge is 0.389 e. The minimum atomic E-state index is -0.465. The van der Waals surface area contributed by atoms with Gasteiger partial charge in [-0.2, -0.15) is 0 Å². The minimum absolute atomic E-state index is 0.465. The highest BCUT2D eigenvalue weighted by Crippen LogP contribution is 2.51. The molecular formula is C13H16N2OS. The molecule has 2 aromatic heterocycles. The highest BCUT2D eigenvalue weighted by Gasteiger charge is 2.49. The van der Waals surface area contributed by atoms with Crippen molar-refractivity contribution < 1.29 is 5.11 Å². The predicted molar refractivity (Wildman–Crippen MR) is 67.2 cm³/mol. The number of rotatable bonds is 2. The number of hydrogen-bond donors (Lipinski definition) is 1. The number of aromatic nitrogens is 2. The van der Waals surface area contributed by atoms with Crippen LogP contribution in [0.25, 0.3) is 4.96 Å². The number of imidazole rings is 1. The highest BCUT2D eigenvalue weighted by atomic mass is 32.1. The molecule has 0 radical (unpaired) electrons. The fourth-order valence-corrected chi connectivity index (χ4v) is 4.53. The number of aliphatic hydroxyl groups is 1. The molecule has 2 bridgehead atoms. The first-order valence-corrected chi connectivity index (χ1v) is 7.24. The smallest absolute Gasteiger partial charge is 0.193 e. The Labute approximate surface area is 104 Å². The molecule has 0 saturated heterocycles. The van der Waals surface area contributed by atoms with Gasteiger partial charge in [0.1, 0.15) is 0 Å². The molecule has 2 heterocycles. The Hall–Kier alpha value is -0.870. The quantitative estimate of drug-likeness (QED) is 0.886. The van der Waals surface area contributed by atoms with Gasteiger partial charge in [-0.15, -0.1) is 11.3 Å². The summed E-state index contributed by atoms with van der Waals surface area (Å²) in [6.45, 7) is 0. The Kier molecular flexibility index (Phi) is 1.97. The average Bonchev–Trinajstić information content (AvgIpc) is 2.94. The molecule has 0 amide bonds. The zero-order valence-corrected chi connectivity index (χ0v) is 10.5. The highest BCUT2D eigenvalue weighted by molar-refractivity contribution is 7.15. The Morgan fingerprint density at radius 3 is 3.18 bits per heavy atom. The van der Waals surface area contributed by atoms with Crippen molar-refractivity contribution in [2.24, 2.45) is 11.8 Å². The van der Waals surface area contributed by atoms with Gasteiger partial charge in [0, 0.05) is 24.2 Å². The summed E-state index contributed by atoms with van der Waals surface area (Å²) in [4.78, 5) is 5.62. The van der Waals surface area contributed by atoms with Gasteiger partial charge >= 0.3 is 0 Å². The van der Waals surface area contributed by atoms with Crippen LogP contribution in [0.1, 0.15) is 31.4 Å². The molecule has 90 valence electrons. The maximum Gasteiger partial charge on any atom is 0.193 e. The molecule has 2 aliphatic carbocycles. The van der Waals surface area contributed by atoms with E-state index in [4.69, 9.17) is 0 Å². The molecule has 0 spiro atoms. The van der Waals surface area contributed by atoms with Crippen LogP contribution in [0.5, 0.6) is 0 Å². The summed E-state index contributed by atoms with van der Waals surface area (Å²) in [6, 6.07) is 0. The lowest BCUT2D eigenvalue weighted by Crippen LogP contribution is -2.37. The van der Waals surface area contributed by atoms with Gasteiger partial charge in [-0.3, -0.25) is 4.40 Å². The van der Waals surface area contributed by atoms with Crippen molar-refractivity contribution in [2.75, 3.05) is 0 Å². The first-order valence-electron chi connectivity index (χ1n) is 6.36. The molecule has 0 aromatic carbocycles. The van der Waals surface area contributed by atoms with Gasteiger partial charge in [0.05, 0.1) is 11.3 Å². The van der Waals surface area contributed by atoms with E-state index in [2.05, 4.69) is 15.6 Å². The van der Waals surface area contributed by atoms with Crippen LogP contribution in [-0.4, -0.2) is 20.1 Å². The summed E-state index contributed by atoms with van der Waals surface area (Å²) in [7, 11) is 0. The minimum Gasteiger partial charge on any atom is -0.389 e. The maximum absolute atomic E-state index is 10.8. The molecule has 4 rings (SSSR count). The van der Waals surface area contributed by atoms with Crippen LogP contribution < -0.4 is 0 Å². The van der Waals surface area contributed by atoms with E-state index in [1.54, 1.807) is 11.3 Å². The Bertz CT molecular complexity index is 532. The van der Waals surface area contributed by atoms with Gasteiger partial charge in [-0.1, -0.05) is 0 Å². The molecule has 2 aromatic rings. The van der Waals surface area contributed by atoms with Gasteiger partial charge in [0.2, 0.25) is 0 Å². The van der Waals surface area contributed by atoms with E-state index < -0.39 is 5.60 Å². The number of fused-ring (bicyclic) bond motifs is 3. The lowest BCUT2D eigenvalue weighted by atomic mass is 9.81. The first-order chi connectivity index (χ1) is 8.23. The van der Waals surface area contributed by atoms with Gasteiger partial charge in [-0.25, -0.2) is 4.98 Å². The van der Waals surface area contributed by atoms with Gasteiger partial charge in [-0.05, 0) is 37.5 Å². The summed E-state index contributed by atoms with van der Waals surface area (Å²) in [5.74, 6) is 1.29. The third-order valence-corrected chi connectivity index (χ3v) is 5.34. The molecule has 4 heteroatoms. The molecule has 2 fully saturated rings. The first kappa shape index (κ1) is 10.1. The third kappa shape index (κ3) is 1.47. The standard InChI is InChI=1S/C13H16N2OS/c16-13(6-9-1-2-10(13)5-9)7-11-8-15-3-4-17-12(15)14-11/h3-4,8-10,16H,1-2,5-7H2. The fraction of sp³-hybridized carbons (Fsp3) is 0.615. The lowest BCUT2D eigenvalue weighted by Gasteiger charge is -2.31. The van der Waals surface area contributed by atoms with Crippen LogP contribution in [0.4, 0.5) is 0 Å². The number of thiazole rings is 1. The predicted octanol–water partition coefficient (Wildman–Crippen LogP) is 2.49. The molecular weight excluding hydrogens is 232 g/mol. The van der Waals surface area contributed by atoms with Crippen LogP contribution >= 0.6 is 11.3 Å². The van der Waals surface area contributed by atoms with E-state index in [0.717, 1.165) is 29.4 Å². The van der Waals surface area contributed by atoms with Gasteiger partial charge in [0.25, 0.3) is 0 Å². The van der Waals surface area contributed by atoms with Gasteiger partial charge in [0.15, 0.2) is 4.96 Å². The molecule has 3 nitrogen and oxygen atoms in total. The second-order valence-electron chi connectivity index (χ2n) is 5.69. The van der Waals surface area contributed by atoms with Crippen molar-refractivity contribution in [1.29, 1.82) is 0 Å². The van der Waals surface area contributed by atoms with Gasteiger partial charge < -0.3 is 5.11 Å². The summed E-state index contributed by atoms with van der Waals surface area (Å²) < 4.78 is 2.05. The van der Waals surface area contributed by atoms with Crippen molar-refractivity contribution in [3.63, 3.8) is 0 Å². The zero-order chi connectivity index (χ0) is 11.5. The monoisotopic (exact) mass is 248 g/mol. The van der Waals surface area contributed by atoms with Crippen LogP contribution in [0.3, 0.4) is 0 Å². The second-order valence-corrected chi connectivity index (χ2v) is 6.56. The Morgan fingerprint density at radius 2 is 2.47 bits per heavy atom. The summed E-state index contributed by atoms with van der Waals surface area (Å²) in [6.07, 6.45) is 9.59. The fourth-order valence-electron chi connectivity index (χ4n) is 3.81. The maximum atomic E-state index is 10.8. The molecule has 0 aliphatic heterocycles. The number of nitrogens with zero attached hydrogens (tertiary/aromatic N) is 2. The van der Waals surface area contributed by atoms with Crippen molar-refractivity contribution in [3.05, 3.63) is 23.5 Å². The topological polar surface area (TPSA) is 37.5 Å². The third-order valence-electron chi connectivity index (χ3n) is 4.57. The average molecular weight is 248 g/mol. The summed E-state index contributed by atoms with van der Waals surface area (Å²) in [5, 5.41) is 12.8. The van der Waals surface area contributed by atoms with Crippen LogP contribution in [0.2, 0.25) is 0 Å². The van der Waals surface area contributed by atoms with E-state index in [9.17, 15) is 5.11 Å². The van der Waals surface area contributed by atoms with Crippen LogP contribution in [0.15, 0.2) is 17.8 Å². The second kappa shape index (κ2) is 3.33. The summed E-state index contributed by atoms with van der Waals surface area (Å²) >= 11 is 1.65. The molecule has 17 heavy (non-hydrogen) atoms. The molecule has 3 unspecified atom stereocenters. The van der Waals surface area contributed by atoms with E-state index >= 15 is 0 Å². The van der Waals surface area contributed by atoms with Crippen molar-refractivity contribution >= 4 is 16.3 Å². The van der Waals surface area contributed by atoms with Crippen LogP contribution in [0, 0.1) is 11.8 Å².